The standard InChI is InChI=1S/C42H51N5O5/c1-26-37(24-47-35-12-8-5-9-28(35)19-22-36(47)40(50)46-42(2,3)4)51-41(52-38(26)29-15-13-27(25-48)14-16-29)30-17-20-31(21-18-30)44-39(49)34-23-43-32-10-6-7-11-33(32)45-34/h6-7,10-11,13-18,20-21,23,26,28,35-38,41,48H,5,8-9,12,19,22,24-25H2,1-4H3,(H,44,49)(H,46,50). The van der Waals surface area contributed by atoms with Gasteiger partial charge >= 0.3 is 0 Å². The summed E-state index contributed by atoms with van der Waals surface area (Å²) in [7, 11) is 0. The Bertz CT molecular complexity index is 1860. The number of aliphatic hydroxyl groups excluding tert-OH is 1. The summed E-state index contributed by atoms with van der Waals surface area (Å²) in [5.41, 5.74) is 4.60. The third kappa shape index (κ3) is 8.05. The first-order chi connectivity index (χ1) is 25.1. The van der Waals surface area contributed by atoms with E-state index in [9.17, 15) is 14.7 Å². The number of likely N-dealkylation sites (tertiary alicyclic amines) is 1. The summed E-state index contributed by atoms with van der Waals surface area (Å²) in [4.78, 5) is 38.3. The summed E-state index contributed by atoms with van der Waals surface area (Å²) in [5.74, 6) is 0.317. The van der Waals surface area contributed by atoms with Gasteiger partial charge in [0.25, 0.3) is 5.91 Å². The van der Waals surface area contributed by atoms with Crippen LogP contribution in [0.5, 0.6) is 0 Å². The van der Waals surface area contributed by atoms with E-state index in [-0.39, 0.29) is 53.8 Å². The summed E-state index contributed by atoms with van der Waals surface area (Å²) in [5, 5.41) is 15.9. The average Bonchev–Trinajstić information content (AvgIpc) is 3.15. The Morgan fingerprint density at radius 3 is 2.33 bits per heavy atom. The fraction of sp³-hybridized carbons (Fsp3) is 0.476. The molecule has 52 heavy (non-hydrogen) atoms. The molecule has 274 valence electrons. The SMILES string of the molecule is CC1C(CN2C(C(=O)NC(C)(C)C)CCC3CCCCC32)OC(c2ccc(NC(=O)c3cnc4ccccc4n3)cc2)OC1c1ccc(CO)cc1. The zero-order valence-corrected chi connectivity index (χ0v) is 30.6. The van der Waals surface area contributed by atoms with Gasteiger partial charge in [-0.25, -0.2) is 4.98 Å². The molecule has 3 aromatic carbocycles. The number of nitrogens with zero attached hydrogens (tertiary/aromatic N) is 3. The van der Waals surface area contributed by atoms with Gasteiger partial charge in [0.1, 0.15) is 5.69 Å². The molecule has 2 saturated heterocycles. The molecule has 0 bridgehead atoms. The molecule has 3 N–H and O–H groups in total. The minimum absolute atomic E-state index is 0.0202. The van der Waals surface area contributed by atoms with Crippen LogP contribution in [0.15, 0.2) is 79.0 Å². The zero-order chi connectivity index (χ0) is 36.4. The molecular formula is C42H51N5O5. The Kier molecular flexibility index (Phi) is 10.7. The molecule has 2 amide bonds. The second-order valence-electron chi connectivity index (χ2n) is 15.8. The maximum absolute atomic E-state index is 13.8. The van der Waals surface area contributed by atoms with Gasteiger partial charge in [-0.3, -0.25) is 19.5 Å². The number of aromatic nitrogens is 2. The van der Waals surface area contributed by atoms with E-state index in [1.54, 1.807) is 0 Å². The highest BCUT2D eigenvalue weighted by atomic mass is 16.7. The van der Waals surface area contributed by atoms with Gasteiger partial charge in [-0.15, -0.1) is 0 Å². The molecule has 2 aliphatic heterocycles. The normalized spacial score (nSPS) is 26.8. The van der Waals surface area contributed by atoms with Crippen molar-refractivity contribution >= 4 is 28.5 Å². The van der Waals surface area contributed by atoms with Crippen molar-refractivity contribution < 1.29 is 24.2 Å². The highest BCUT2D eigenvalue weighted by Gasteiger charge is 2.46. The van der Waals surface area contributed by atoms with Crippen molar-refractivity contribution in [3.05, 3.63) is 101 Å². The Morgan fingerprint density at radius 1 is 0.885 bits per heavy atom. The van der Waals surface area contributed by atoms with Crippen LogP contribution < -0.4 is 10.6 Å². The molecule has 10 heteroatoms. The third-order valence-electron chi connectivity index (χ3n) is 10.9. The number of ether oxygens (including phenoxy) is 2. The third-order valence-corrected chi connectivity index (χ3v) is 10.9. The van der Waals surface area contributed by atoms with Gasteiger partial charge in [0, 0.05) is 35.3 Å². The van der Waals surface area contributed by atoms with Crippen molar-refractivity contribution in [1.82, 2.24) is 20.2 Å². The van der Waals surface area contributed by atoms with E-state index in [2.05, 4.69) is 32.4 Å². The first-order valence-electron chi connectivity index (χ1n) is 18.8. The Hall–Kier alpha value is -4.22. The average molecular weight is 706 g/mol. The van der Waals surface area contributed by atoms with Crippen molar-refractivity contribution in [1.29, 1.82) is 0 Å². The lowest BCUT2D eigenvalue weighted by atomic mass is 9.75. The van der Waals surface area contributed by atoms with Gasteiger partial charge in [0.15, 0.2) is 6.29 Å². The van der Waals surface area contributed by atoms with E-state index in [1.807, 2.05) is 93.6 Å². The van der Waals surface area contributed by atoms with Crippen LogP contribution in [-0.4, -0.2) is 62.1 Å². The summed E-state index contributed by atoms with van der Waals surface area (Å²) in [6, 6.07) is 23.0. The molecule has 7 unspecified atom stereocenters. The molecule has 0 spiro atoms. The largest absolute Gasteiger partial charge is 0.392 e. The van der Waals surface area contributed by atoms with Crippen LogP contribution in [0, 0.1) is 11.8 Å². The topological polar surface area (TPSA) is 126 Å². The van der Waals surface area contributed by atoms with Crippen LogP contribution >= 0.6 is 0 Å². The maximum atomic E-state index is 13.8. The Morgan fingerprint density at radius 2 is 1.60 bits per heavy atom. The lowest BCUT2D eigenvalue weighted by molar-refractivity contribution is -0.278. The van der Waals surface area contributed by atoms with Crippen LogP contribution in [0.3, 0.4) is 0 Å². The predicted octanol–water partition coefficient (Wildman–Crippen LogP) is 7.10. The van der Waals surface area contributed by atoms with E-state index >= 15 is 0 Å². The van der Waals surface area contributed by atoms with Crippen LogP contribution in [0.1, 0.15) is 106 Å². The lowest BCUT2D eigenvalue weighted by Crippen LogP contribution is -2.61. The number of benzene rings is 3. The summed E-state index contributed by atoms with van der Waals surface area (Å²) < 4.78 is 13.6. The quantitative estimate of drug-likeness (QED) is 0.177. The number of nitrogens with one attached hydrogen (secondary N) is 2. The summed E-state index contributed by atoms with van der Waals surface area (Å²) in [6.07, 6.45) is 6.95. The van der Waals surface area contributed by atoms with Crippen molar-refractivity contribution in [2.45, 2.75) is 109 Å². The molecule has 7 rings (SSSR count). The maximum Gasteiger partial charge on any atom is 0.275 e. The molecule has 3 fully saturated rings. The molecule has 1 aromatic heterocycles. The fourth-order valence-electron chi connectivity index (χ4n) is 8.25. The molecular weight excluding hydrogens is 654 g/mol. The highest BCUT2D eigenvalue weighted by Crippen LogP contribution is 2.44. The fourth-order valence-corrected chi connectivity index (χ4v) is 8.25. The molecule has 10 nitrogen and oxygen atoms in total. The van der Waals surface area contributed by atoms with Gasteiger partial charge in [0.2, 0.25) is 5.91 Å². The number of aliphatic hydroxyl groups is 1. The van der Waals surface area contributed by atoms with Crippen LogP contribution in [0.2, 0.25) is 0 Å². The van der Waals surface area contributed by atoms with Crippen LogP contribution in [0.25, 0.3) is 11.0 Å². The molecule has 1 saturated carbocycles. The molecule has 1 aliphatic carbocycles. The molecule has 3 aliphatic rings. The van der Waals surface area contributed by atoms with E-state index in [4.69, 9.17) is 9.47 Å². The Labute approximate surface area is 306 Å². The van der Waals surface area contributed by atoms with Gasteiger partial charge in [-0.1, -0.05) is 68.3 Å². The summed E-state index contributed by atoms with van der Waals surface area (Å²) >= 11 is 0. The molecule has 0 radical (unpaired) electrons. The second kappa shape index (κ2) is 15.4. The summed E-state index contributed by atoms with van der Waals surface area (Å²) in [6.45, 7) is 8.88. The smallest absolute Gasteiger partial charge is 0.275 e. The highest BCUT2D eigenvalue weighted by molar-refractivity contribution is 6.03. The van der Waals surface area contributed by atoms with Crippen molar-refractivity contribution in [3.8, 4) is 0 Å². The van der Waals surface area contributed by atoms with E-state index in [0.717, 1.165) is 41.5 Å². The Balaban J connectivity index is 1.14. The number of carbonyl (C=O) groups excluding carboxylic acids is 2. The van der Waals surface area contributed by atoms with Crippen molar-refractivity contribution in [2.75, 3.05) is 11.9 Å². The number of carbonyl (C=O) groups is 2. The van der Waals surface area contributed by atoms with Gasteiger partial charge < -0.3 is 25.2 Å². The number of amides is 2. The van der Waals surface area contributed by atoms with E-state index in [1.165, 1.54) is 25.5 Å². The number of fused-ring (bicyclic) bond motifs is 2. The number of anilines is 1. The van der Waals surface area contributed by atoms with Crippen LogP contribution in [0.4, 0.5) is 5.69 Å². The lowest BCUT2D eigenvalue weighted by Gasteiger charge is -2.51. The number of para-hydroxylation sites is 2. The van der Waals surface area contributed by atoms with Gasteiger partial charge in [-0.05, 0) is 87.8 Å². The molecule has 7 atom stereocenters. The van der Waals surface area contributed by atoms with E-state index < -0.39 is 6.29 Å². The van der Waals surface area contributed by atoms with Gasteiger partial charge in [0.05, 0.1) is 42.1 Å². The van der Waals surface area contributed by atoms with Crippen molar-refractivity contribution in [2.24, 2.45) is 11.8 Å². The monoisotopic (exact) mass is 705 g/mol. The molecule has 3 heterocycles. The minimum atomic E-state index is -0.673. The minimum Gasteiger partial charge on any atom is -0.392 e. The number of piperidine rings is 1. The number of hydrogen-bond donors (Lipinski definition) is 3. The first-order valence-corrected chi connectivity index (χ1v) is 18.8. The van der Waals surface area contributed by atoms with Crippen LogP contribution in [-0.2, 0) is 20.9 Å². The molecule has 4 aromatic rings. The first kappa shape index (κ1) is 36.2. The second-order valence-corrected chi connectivity index (χ2v) is 15.8. The number of hydrogen-bond acceptors (Lipinski definition) is 8. The van der Waals surface area contributed by atoms with E-state index in [0.29, 0.717) is 29.7 Å². The van der Waals surface area contributed by atoms with Gasteiger partial charge in [-0.2, -0.15) is 0 Å². The predicted molar refractivity (Wildman–Crippen MR) is 200 cm³/mol. The zero-order valence-electron chi connectivity index (χ0n) is 30.6. The number of rotatable bonds is 8. The van der Waals surface area contributed by atoms with Crippen molar-refractivity contribution in [3.63, 3.8) is 0 Å².